The lowest BCUT2D eigenvalue weighted by molar-refractivity contribution is 0.0882. The van der Waals surface area contributed by atoms with E-state index in [0.29, 0.717) is 9.75 Å². The van der Waals surface area contributed by atoms with Gasteiger partial charge in [-0.25, -0.2) is 0 Å². The van der Waals surface area contributed by atoms with Crippen LogP contribution in [0.1, 0.15) is 19.3 Å². The fraction of sp³-hybridized carbons (Fsp3) is 0. The summed E-state index contributed by atoms with van der Waals surface area (Å²) in [5.41, 5.74) is 3.88. The van der Waals surface area contributed by atoms with E-state index in [1.54, 1.807) is 0 Å². The summed E-state index contributed by atoms with van der Waals surface area (Å²) >= 11 is 2.72. The summed E-state index contributed by atoms with van der Waals surface area (Å²) in [6.07, 6.45) is 0. The number of aromatic nitrogens is 2. The van der Waals surface area contributed by atoms with Gasteiger partial charge in [0, 0.05) is 21.8 Å². The van der Waals surface area contributed by atoms with Crippen LogP contribution in [-0.4, -0.2) is 21.8 Å². The topological polar surface area (TPSA) is 77.8 Å². The summed E-state index contributed by atoms with van der Waals surface area (Å²) in [7, 11) is 0. The van der Waals surface area contributed by atoms with Crippen molar-refractivity contribution < 1.29 is 9.59 Å². The molecule has 0 spiro atoms. The quantitative estimate of drug-likeness (QED) is 0.323. The molecule has 6 rings (SSSR count). The van der Waals surface area contributed by atoms with Gasteiger partial charge in [0.15, 0.2) is 0 Å². The van der Waals surface area contributed by atoms with Crippen LogP contribution < -0.4 is 5.32 Å². The lowest BCUT2D eigenvalue weighted by atomic mass is 10.2. The lowest BCUT2D eigenvalue weighted by Crippen LogP contribution is -2.19. The van der Waals surface area contributed by atoms with Gasteiger partial charge >= 0.3 is 0 Å². The smallest absolute Gasteiger partial charge is 0.269 e. The van der Waals surface area contributed by atoms with Gasteiger partial charge < -0.3 is 9.97 Å². The predicted octanol–water partition coefficient (Wildman–Crippen LogP) is 5.09. The number of para-hydroxylation sites is 2. The van der Waals surface area contributed by atoms with E-state index in [9.17, 15) is 9.59 Å². The van der Waals surface area contributed by atoms with Gasteiger partial charge in [0.1, 0.15) is 9.75 Å². The minimum absolute atomic E-state index is 0.327. The van der Waals surface area contributed by atoms with Gasteiger partial charge in [-0.3, -0.25) is 14.9 Å². The second-order valence-electron chi connectivity index (χ2n) is 6.40. The molecule has 2 aromatic carbocycles. The Balaban J connectivity index is 1.99. The van der Waals surface area contributed by atoms with E-state index in [0.717, 1.165) is 42.2 Å². The van der Waals surface area contributed by atoms with Crippen molar-refractivity contribution in [1.29, 1.82) is 0 Å². The van der Waals surface area contributed by atoms with Crippen molar-refractivity contribution in [3.8, 4) is 0 Å². The minimum atomic E-state index is -0.327. The third kappa shape index (κ3) is 1.98. The number of benzene rings is 2. The number of aromatic amines is 2. The Kier molecular flexibility index (Phi) is 2.87. The molecule has 0 saturated carbocycles. The molecule has 0 unspecified atom stereocenters. The van der Waals surface area contributed by atoms with Crippen molar-refractivity contribution in [3.63, 3.8) is 0 Å². The van der Waals surface area contributed by atoms with Gasteiger partial charge in [-0.2, -0.15) is 0 Å². The predicted molar refractivity (Wildman–Crippen MR) is 110 cm³/mol. The zero-order valence-corrected chi connectivity index (χ0v) is 15.4. The molecule has 0 atom stereocenters. The number of fused-ring (bicyclic) bond motifs is 8. The van der Waals surface area contributed by atoms with Crippen molar-refractivity contribution in [2.45, 2.75) is 0 Å². The van der Waals surface area contributed by atoms with Crippen LogP contribution in [0.2, 0.25) is 0 Å². The number of imide groups is 1. The largest absolute Gasteiger partial charge is 0.352 e. The van der Waals surface area contributed by atoms with Crippen molar-refractivity contribution in [3.05, 3.63) is 58.3 Å². The molecule has 0 aliphatic carbocycles. The van der Waals surface area contributed by atoms with Crippen LogP contribution in [0.3, 0.4) is 0 Å². The Morgan fingerprint density at radius 2 is 1.07 bits per heavy atom. The summed E-state index contributed by atoms with van der Waals surface area (Å²) < 4.78 is 1.91. The van der Waals surface area contributed by atoms with Crippen LogP contribution in [0.25, 0.3) is 42.2 Å². The highest BCUT2D eigenvalue weighted by Gasteiger charge is 2.29. The normalized spacial score (nSPS) is 13.6. The summed E-state index contributed by atoms with van der Waals surface area (Å²) in [4.78, 5) is 32.8. The Morgan fingerprint density at radius 3 is 1.56 bits per heavy atom. The maximum Gasteiger partial charge on any atom is 0.269 e. The fourth-order valence-electron chi connectivity index (χ4n) is 3.61. The number of amides is 2. The van der Waals surface area contributed by atoms with E-state index in [1.165, 1.54) is 22.7 Å². The second kappa shape index (κ2) is 5.18. The van der Waals surface area contributed by atoms with E-state index >= 15 is 0 Å². The molecule has 0 saturated heterocycles. The molecule has 4 heterocycles. The Morgan fingerprint density at radius 1 is 0.630 bits per heavy atom. The molecule has 27 heavy (non-hydrogen) atoms. The molecule has 3 aromatic heterocycles. The minimum Gasteiger partial charge on any atom is -0.352 e. The summed E-state index contributed by atoms with van der Waals surface area (Å²) in [6, 6.07) is 16.0. The molecule has 7 heteroatoms. The van der Waals surface area contributed by atoms with Crippen LogP contribution in [0.4, 0.5) is 0 Å². The van der Waals surface area contributed by atoms with Crippen molar-refractivity contribution in [2.75, 3.05) is 0 Å². The number of H-pyrrole nitrogens is 2. The number of hydrogen-bond donors (Lipinski definition) is 3. The first-order chi connectivity index (χ1) is 13.2. The highest BCUT2D eigenvalue weighted by atomic mass is 32.1. The third-order valence-corrected chi connectivity index (χ3v) is 7.39. The molecule has 2 amide bonds. The van der Waals surface area contributed by atoms with Gasteiger partial charge in [-0.15, -0.1) is 22.7 Å². The Bertz CT molecular complexity index is 1380. The summed E-state index contributed by atoms with van der Waals surface area (Å²) in [5.74, 6) is -0.654. The van der Waals surface area contributed by atoms with E-state index < -0.39 is 0 Å². The van der Waals surface area contributed by atoms with Gasteiger partial charge in [0.05, 0.1) is 20.4 Å². The zero-order valence-electron chi connectivity index (χ0n) is 13.8. The highest BCUT2D eigenvalue weighted by Crippen LogP contribution is 2.39. The van der Waals surface area contributed by atoms with Crippen LogP contribution in [-0.2, 0) is 0 Å². The third-order valence-electron chi connectivity index (χ3n) is 4.82. The Labute approximate surface area is 159 Å². The van der Waals surface area contributed by atoms with Gasteiger partial charge in [0.2, 0.25) is 0 Å². The van der Waals surface area contributed by atoms with Crippen LogP contribution in [0, 0.1) is 0 Å². The standard InChI is InChI=1S/C20H11N3O2S2/c24-19-17-18(20(25)23-19)27-16-10-6-2-4-8-12(10)22-14(16)13-15(26-17)9-5-1-3-7-11(9)21-13/h1-8,21-22H,(H,23,24,25). The molecule has 0 fully saturated rings. The number of rotatable bonds is 0. The molecular weight excluding hydrogens is 378 g/mol. The summed E-state index contributed by atoms with van der Waals surface area (Å²) in [6.45, 7) is 0. The highest BCUT2D eigenvalue weighted by molar-refractivity contribution is 7.27. The molecule has 1 aliphatic rings. The molecule has 1 aliphatic heterocycles. The van der Waals surface area contributed by atoms with Crippen LogP contribution in [0.5, 0.6) is 0 Å². The van der Waals surface area contributed by atoms with Gasteiger partial charge in [-0.05, 0) is 12.1 Å². The first kappa shape index (κ1) is 15.0. The molecular formula is C20H11N3O2S2. The second-order valence-corrected chi connectivity index (χ2v) is 8.44. The molecule has 0 bridgehead atoms. The maximum atomic E-state index is 12.4. The maximum absolute atomic E-state index is 12.4. The number of nitrogens with one attached hydrogen (secondary N) is 3. The number of carbonyl (C=O) groups is 2. The van der Waals surface area contributed by atoms with E-state index in [-0.39, 0.29) is 11.8 Å². The average molecular weight is 389 g/mol. The Hall–Kier alpha value is -3.16. The average Bonchev–Trinajstić information content (AvgIpc) is 3.28. The monoisotopic (exact) mass is 389 g/mol. The fourth-order valence-corrected chi connectivity index (χ4v) is 6.01. The first-order valence-electron chi connectivity index (χ1n) is 8.38. The van der Waals surface area contributed by atoms with E-state index in [1.807, 2.05) is 48.5 Å². The lowest BCUT2D eigenvalue weighted by Gasteiger charge is -1.95. The number of carbonyl (C=O) groups excluding carboxylic acids is 2. The van der Waals surface area contributed by atoms with E-state index in [4.69, 9.17) is 0 Å². The van der Waals surface area contributed by atoms with Crippen LogP contribution in [0.15, 0.2) is 48.5 Å². The van der Waals surface area contributed by atoms with Gasteiger partial charge in [0.25, 0.3) is 11.8 Å². The zero-order chi connectivity index (χ0) is 18.1. The van der Waals surface area contributed by atoms with Crippen LogP contribution >= 0.6 is 22.7 Å². The molecule has 3 N–H and O–H groups in total. The van der Waals surface area contributed by atoms with Crippen molar-refractivity contribution in [1.82, 2.24) is 15.3 Å². The van der Waals surface area contributed by atoms with E-state index in [2.05, 4.69) is 15.3 Å². The summed E-state index contributed by atoms with van der Waals surface area (Å²) in [5, 5.41) is 4.51. The molecule has 130 valence electrons. The first-order valence-corrected chi connectivity index (χ1v) is 10.0. The number of hydrogen-bond acceptors (Lipinski definition) is 4. The molecule has 0 radical (unpaired) electrons. The molecule has 5 nitrogen and oxygen atoms in total. The van der Waals surface area contributed by atoms with Gasteiger partial charge in [-0.1, -0.05) is 36.4 Å². The molecule has 5 aromatic rings. The van der Waals surface area contributed by atoms with Crippen molar-refractivity contribution in [2.24, 2.45) is 0 Å². The van der Waals surface area contributed by atoms with Crippen molar-refractivity contribution >= 4 is 76.7 Å². The SMILES string of the molecule is O=C1NC(=O)c2sc3c4ccccc4[nH]c3c3[nH]c4ccccc4c3sc21.